The lowest BCUT2D eigenvalue weighted by molar-refractivity contribution is -0.168. The number of piperazine rings is 1. The van der Waals surface area contributed by atoms with Crippen molar-refractivity contribution in [2.75, 3.05) is 6.54 Å². The van der Waals surface area contributed by atoms with E-state index >= 15 is 0 Å². The summed E-state index contributed by atoms with van der Waals surface area (Å²) in [6, 6.07) is 0.0265. The summed E-state index contributed by atoms with van der Waals surface area (Å²) in [7, 11) is 0. The van der Waals surface area contributed by atoms with Crippen molar-refractivity contribution in [1.29, 1.82) is 0 Å². The van der Waals surface area contributed by atoms with Crippen molar-refractivity contribution in [1.82, 2.24) is 9.80 Å². The van der Waals surface area contributed by atoms with Gasteiger partial charge in [0, 0.05) is 12.6 Å². The molecule has 116 valence electrons. The molecule has 2 amide bonds. The predicted molar refractivity (Wildman–Crippen MR) is 79.5 cm³/mol. The van der Waals surface area contributed by atoms with Gasteiger partial charge in [0.1, 0.15) is 12.1 Å². The molecule has 2 aliphatic carbocycles. The van der Waals surface area contributed by atoms with Crippen LogP contribution in [0.1, 0.15) is 58.3 Å². The van der Waals surface area contributed by atoms with Crippen molar-refractivity contribution in [2.24, 2.45) is 11.8 Å². The molecule has 2 heterocycles. The number of carbonyl (C=O) groups is 2. The Morgan fingerprint density at radius 2 is 1.90 bits per heavy atom. The molecule has 0 N–H and O–H groups in total. The minimum absolute atomic E-state index is 0.145. The Kier molecular flexibility index (Phi) is 3.23. The van der Waals surface area contributed by atoms with Gasteiger partial charge in [0.05, 0.1) is 0 Å². The lowest BCUT2D eigenvalue weighted by atomic mass is 9.88. The van der Waals surface area contributed by atoms with Crippen LogP contribution in [0.5, 0.6) is 0 Å². The Morgan fingerprint density at radius 1 is 1.05 bits per heavy atom. The van der Waals surface area contributed by atoms with Crippen LogP contribution in [0.15, 0.2) is 0 Å². The number of piperidine rings is 1. The van der Waals surface area contributed by atoms with Gasteiger partial charge >= 0.3 is 0 Å². The van der Waals surface area contributed by atoms with Crippen molar-refractivity contribution < 1.29 is 9.59 Å². The van der Waals surface area contributed by atoms with E-state index in [1.54, 1.807) is 0 Å². The second-order valence-corrected chi connectivity index (χ2v) is 7.45. The minimum atomic E-state index is -0.184. The summed E-state index contributed by atoms with van der Waals surface area (Å²) >= 11 is 0. The van der Waals surface area contributed by atoms with Crippen LogP contribution in [-0.4, -0.2) is 46.3 Å². The monoisotopic (exact) mass is 290 g/mol. The molecular formula is C17H26N2O2. The highest BCUT2D eigenvalue weighted by Crippen LogP contribution is 2.48. The summed E-state index contributed by atoms with van der Waals surface area (Å²) in [5.74, 6) is 1.96. The second kappa shape index (κ2) is 4.99. The van der Waals surface area contributed by atoms with Gasteiger partial charge in [0.15, 0.2) is 0 Å². The van der Waals surface area contributed by atoms with E-state index in [9.17, 15) is 9.59 Å². The first-order valence-corrected chi connectivity index (χ1v) is 8.83. The Labute approximate surface area is 126 Å². The van der Waals surface area contributed by atoms with E-state index in [1.165, 1.54) is 19.3 Å². The van der Waals surface area contributed by atoms with Gasteiger partial charge in [-0.25, -0.2) is 0 Å². The normalized spacial score (nSPS) is 42.6. The zero-order chi connectivity index (χ0) is 14.6. The number of amides is 2. The Hall–Kier alpha value is -1.06. The fourth-order valence-electron chi connectivity index (χ4n) is 5.41. The van der Waals surface area contributed by atoms with Gasteiger partial charge in [-0.3, -0.25) is 9.59 Å². The third-order valence-corrected chi connectivity index (χ3v) is 6.39. The average molecular weight is 290 g/mol. The minimum Gasteiger partial charge on any atom is -0.329 e. The first-order chi connectivity index (χ1) is 10.2. The topological polar surface area (TPSA) is 40.6 Å². The summed E-state index contributed by atoms with van der Waals surface area (Å²) in [6.45, 7) is 2.84. The van der Waals surface area contributed by atoms with Crippen LogP contribution in [0.4, 0.5) is 0 Å². The van der Waals surface area contributed by atoms with Gasteiger partial charge in [0.25, 0.3) is 0 Å². The molecule has 21 heavy (non-hydrogen) atoms. The summed E-state index contributed by atoms with van der Waals surface area (Å²) in [5.41, 5.74) is 0. The highest BCUT2D eigenvalue weighted by molar-refractivity contribution is 5.97. The molecule has 0 spiro atoms. The van der Waals surface area contributed by atoms with E-state index in [0.717, 1.165) is 44.6 Å². The molecule has 2 bridgehead atoms. The Balaban J connectivity index is 1.64. The summed E-state index contributed by atoms with van der Waals surface area (Å²) in [6.07, 6.45) is 8.81. The van der Waals surface area contributed by atoms with E-state index in [1.807, 2.05) is 4.90 Å². The third kappa shape index (κ3) is 1.94. The van der Waals surface area contributed by atoms with E-state index in [0.29, 0.717) is 12.0 Å². The van der Waals surface area contributed by atoms with Crippen LogP contribution in [0, 0.1) is 11.8 Å². The molecule has 4 aliphatic rings. The van der Waals surface area contributed by atoms with Gasteiger partial charge in [0.2, 0.25) is 11.8 Å². The quantitative estimate of drug-likeness (QED) is 0.782. The van der Waals surface area contributed by atoms with Crippen LogP contribution >= 0.6 is 0 Å². The fraction of sp³-hybridized carbons (Fsp3) is 0.882. The molecule has 4 heteroatoms. The number of hydrogen-bond acceptors (Lipinski definition) is 2. The fourth-order valence-corrected chi connectivity index (χ4v) is 5.41. The van der Waals surface area contributed by atoms with E-state index < -0.39 is 0 Å². The van der Waals surface area contributed by atoms with Crippen LogP contribution in [-0.2, 0) is 9.59 Å². The maximum atomic E-state index is 13.1. The largest absolute Gasteiger partial charge is 0.329 e. The molecule has 5 unspecified atom stereocenters. The lowest BCUT2D eigenvalue weighted by Gasteiger charge is -2.50. The number of nitrogens with zero attached hydrogens (tertiary/aromatic N) is 2. The third-order valence-electron chi connectivity index (χ3n) is 6.39. The van der Waals surface area contributed by atoms with E-state index in [4.69, 9.17) is 0 Å². The van der Waals surface area contributed by atoms with Crippen molar-refractivity contribution in [2.45, 2.75) is 76.4 Å². The average Bonchev–Trinajstić information content (AvgIpc) is 3.13. The van der Waals surface area contributed by atoms with Crippen LogP contribution in [0.25, 0.3) is 0 Å². The SMILES string of the molecule is CCC1C(=O)N2CCCCC2C(=O)N1C1CC2CCC1C2. The predicted octanol–water partition coefficient (Wildman–Crippen LogP) is 2.18. The molecule has 4 nitrogen and oxygen atoms in total. The molecule has 2 saturated heterocycles. The highest BCUT2D eigenvalue weighted by atomic mass is 16.2. The second-order valence-electron chi connectivity index (χ2n) is 7.45. The molecule has 2 saturated carbocycles. The Bertz CT molecular complexity index is 464. The van der Waals surface area contributed by atoms with Crippen molar-refractivity contribution in [3.63, 3.8) is 0 Å². The molecule has 5 atom stereocenters. The highest BCUT2D eigenvalue weighted by Gasteiger charge is 2.52. The number of hydrogen-bond donors (Lipinski definition) is 0. The molecule has 4 fully saturated rings. The number of fused-ring (bicyclic) bond motifs is 3. The van der Waals surface area contributed by atoms with Gasteiger partial charge < -0.3 is 9.80 Å². The van der Waals surface area contributed by atoms with Crippen LogP contribution < -0.4 is 0 Å². The van der Waals surface area contributed by atoms with E-state index in [2.05, 4.69) is 11.8 Å². The summed E-state index contributed by atoms with van der Waals surface area (Å²) in [4.78, 5) is 29.9. The first-order valence-electron chi connectivity index (χ1n) is 8.83. The Morgan fingerprint density at radius 3 is 2.57 bits per heavy atom. The molecule has 0 aromatic rings. The molecule has 0 aromatic carbocycles. The maximum Gasteiger partial charge on any atom is 0.246 e. The zero-order valence-electron chi connectivity index (χ0n) is 13.0. The lowest BCUT2D eigenvalue weighted by Crippen LogP contribution is -2.68. The first kappa shape index (κ1) is 13.6. The summed E-state index contributed by atoms with van der Waals surface area (Å²) in [5, 5.41) is 0. The van der Waals surface area contributed by atoms with Crippen LogP contribution in [0.2, 0.25) is 0 Å². The smallest absolute Gasteiger partial charge is 0.246 e. The molecule has 2 aliphatic heterocycles. The van der Waals surface area contributed by atoms with Gasteiger partial charge in [-0.2, -0.15) is 0 Å². The van der Waals surface area contributed by atoms with Gasteiger partial charge in [-0.1, -0.05) is 13.3 Å². The molecule has 0 radical (unpaired) electrons. The van der Waals surface area contributed by atoms with E-state index in [-0.39, 0.29) is 23.9 Å². The van der Waals surface area contributed by atoms with Crippen molar-refractivity contribution >= 4 is 11.8 Å². The standard InChI is InChI=1S/C17H26N2O2/c1-2-13-16(20)18-8-4-3-5-14(18)17(21)19(13)15-10-11-6-7-12(15)9-11/h11-15H,2-10H2,1H3. The summed E-state index contributed by atoms with van der Waals surface area (Å²) < 4.78 is 0. The zero-order valence-corrected chi connectivity index (χ0v) is 13.0. The molecule has 0 aromatic heterocycles. The molecule has 4 rings (SSSR count). The molecular weight excluding hydrogens is 264 g/mol. The number of rotatable bonds is 2. The maximum absolute atomic E-state index is 13.1. The van der Waals surface area contributed by atoms with Crippen molar-refractivity contribution in [3.05, 3.63) is 0 Å². The van der Waals surface area contributed by atoms with Gasteiger partial charge in [-0.05, 0) is 56.8 Å². The van der Waals surface area contributed by atoms with Crippen molar-refractivity contribution in [3.8, 4) is 0 Å². The van der Waals surface area contributed by atoms with Gasteiger partial charge in [-0.15, -0.1) is 0 Å². The number of carbonyl (C=O) groups excluding carboxylic acids is 2. The van der Waals surface area contributed by atoms with Crippen LogP contribution in [0.3, 0.4) is 0 Å².